The Balaban J connectivity index is 1.51. The summed E-state index contributed by atoms with van der Waals surface area (Å²) in [5.41, 5.74) is 3.75. The number of carbonyl (C=O) groups is 1. The van der Waals surface area contributed by atoms with Gasteiger partial charge in [-0.1, -0.05) is 23.4 Å². The lowest BCUT2D eigenvalue weighted by molar-refractivity contribution is -0.144. The number of amides is 1. The van der Waals surface area contributed by atoms with Gasteiger partial charge in [0.1, 0.15) is 17.5 Å². The fraction of sp³-hybridized carbons (Fsp3) is 0.227. The molecular formula is C22H19N5O3. The van der Waals surface area contributed by atoms with Crippen LogP contribution in [0.15, 0.2) is 53.3 Å². The van der Waals surface area contributed by atoms with Gasteiger partial charge < -0.3 is 14.5 Å². The first-order valence-corrected chi connectivity index (χ1v) is 9.60. The second-order valence-electron chi connectivity index (χ2n) is 7.52. The van der Waals surface area contributed by atoms with Crippen LogP contribution in [-0.4, -0.2) is 49.6 Å². The first-order valence-electron chi connectivity index (χ1n) is 9.60. The number of benzene rings is 1. The van der Waals surface area contributed by atoms with Crippen LogP contribution in [0.5, 0.6) is 0 Å². The molecule has 0 bridgehead atoms. The minimum Gasteiger partial charge on any atom is -0.373 e. The predicted molar refractivity (Wildman–Crippen MR) is 109 cm³/mol. The fourth-order valence-electron chi connectivity index (χ4n) is 3.75. The van der Waals surface area contributed by atoms with Gasteiger partial charge >= 0.3 is 0 Å². The van der Waals surface area contributed by atoms with E-state index in [0.717, 1.165) is 33.5 Å². The molecule has 0 saturated carbocycles. The normalized spacial score (nSPS) is 19.0. The van der Waals surface area contributed by atoms with E-state index in [1.54, 1.807) is 13.1 Å². The molecule has 0 spiro atoms. The summed E-state index contributed by atoms with van der Waals surface area (Å²) >= 11 is 0. The molecule has 0 aliphatic carbocycles. The van der Waals surface area contributed by atoms with Crippen LogP contribution in [0.25, 0.3) is 33.5 Å². The lowest BCUT2D eigenvalue weighted by Gasteiger charge is -2.16. The van der Waals surface area contributed by atoms with Crippen molar-refractivity contribution in [3.05, 3.63) is 60.2 Å². The molecule has 150 valence electrons. The molecule has 3 aromatic heterocycles. The van der Waals surface area contributed by atoms with E-state index < -0.39 is 5.60 Å². The minimum absolute atomic E-state index is 0.161. The molecule has 4 aromatic rings. The van der Waals surface area contributed by atoms with Crippen LogP contribution < -0.4 is 0 Å². The van der Waals surface area contributed by atoms with Crippen molar-refractivity contribution in [1.82, 2.24) is 25.0 Å². The number of aromatic nitrogens is 4. The highest BCUT2D eigenvalue weighted by Gasteiger charge is 2.48. The Morgan fingerprint density at radius 1 is 1.10 bits per heavy atom. The lowest BCUT2D eigenvalue weighted by Crippen LogP contribution is -2.35. The maximum Gasteiger partial charge on any atom is 0.262 e. The molecule has 1 aromatic carbocycles. The van der Waals surface area contributed by atoms with Crippen molar-refractivity contribution in [3.8, 4) is 22.5 Å². The number of nitrogens with zero attached hydrogens (tertiary/aromatic N) is 5. The minimum atomic E-state index is -1.66. The highest BCUT2D eigenvalue weighted by Crippen LogP contribution is 2.35. The maximum atomic E-state index is 12.3. The molecule has 1 saturated heterocycles. The Labute approximate surface area is 172 Å². The molecular weight excluding hydrogens is 382 g/mol. The molecule has 4 heterocycles. The number of likely N-dealkylation sites (tertiary alicyclic amines) is 1. The number of likely N-dealkylation sites (N-methyl/N-ethyl adjacent to an activating group) is 1. The maximum absolute atomic E-state index is 12.3. The van der Waals surface area contributed by atoms with Gasteiger partial charge in [-0.3, -0.25) is 4.79 Å². The predicted octanol–water partition coefficient (Wildman–Crippen LogP) is 2.70. The summed E-state index contributed by atoms with van der Waals surface area (Å²) < 4.78 is 5.36. The van der Waals surface area contributed by atoms with Gasteiger partial charge in [-0.25, -0.2) is 15.0 Å². The molecule has 8 heteroatoms. The second kappa shape index (κ2) is 6.70. The SMILES string of the molecule is Cc1ncnc2ccc(-c3cccc(-c4cc([C@]5(O)CCN(C)C5=O)on4)c3)nc12. The first-order chi connectivity index (χ1) is 14.5. The number of aliphatic hydroxyl groups is 1. The fourth-order valence-corrected chi connectivity index (χ4v) is 3.75. The Kier molecular flexibility index (Phi) is 4.11. The van der Waals surface area contributed by atoms with Crippen molar-refractivity contribution in [1.29, 1.82) is 0 Å². The van der Waals surface area contributed by atoms with Crippen LogP contribution >= 0.6 is 0 Å². The molecule has 1 aliphatic heterocycles. The summed E-state index contributed by atoms with van der Waals surface area (Å²) in [5, 5.41) is 14.9. The van der Waals surface area contributed by atoms with Gasteiger partial charge in [-0.15, -0.1) is 0 Å². The molecule has 0 radical (unpaired) electrons. The van der Waals surface area contributed by atoms with E-state index in [0.29, 0.717) is 12.2 Å². The first kappa shape index (κ1) is 18.4. The van der Waals surface area contributed by atoms with E-state index in [9.17, 15) is 9.90 Å². The highest BCUT2D eigenvalue weighted by molar-refractivity contribution is 5.88. The van der Waals surface area contributed by atoms with Crippen molar-refractivity contribution in [2.45, 2.75) is 18.9 Å². The van der Waals surface area contributed by atoms with E-state index in [1.165, 1.54) is 11.2 Å². The zero-order valence-electron chi connectivity index (χ0n) is 16.5. The third-order valence-corrected chi connectivity index (χ3v) is 5.55. The summed E-state index contributed by atoms with van der Waals surface area (Å²) in [5.74, 6) is -0.217. The van der Waals surface area contributed by atoms with Gasteiger partial charge in [0.2, 0.25) is 5.60 Å². The Morgan fingerprint density at radius 2 is 1.90 bits per heavy atom. The van der Waals surface area contributed by atoms with E-state index in [2.05, 4.69) is 15.1 Å². The van der Waals surface area contributed by atoms with Crippen molar-refractivity contribution in [2.24, 2.45) is 0 Å². The van der Waals surface area contributed by atoms with Crippen LogP contribution in [0.3, 0.4) is 0 Å². The standard InChI is InChI=1S/C22H19N5O3/c1-13-20-17(24-12-23-13)7-6-16(25-20)14-4-3-5-15(10-14)18-11-19(30-26-18)22(29)8-9-27(2)21(22)28/h3-7,10-12,29H,8-9H2,1-2H3/t22-/m1/s1. The van der Waals surface area contributed by atoms with E-state index >= 15 is 0 Å². The van der Waals surface area contributed by atoms with Crippen LogP contribution in [0.4, 0.5) is 0 Å². The zero-order chi connectivity index (χ0) is 20.9. The molecule has 1 amide bonds. The molecule has 5 rings (SSSR count). The number of fused-ring (bicyclic) bond motifs is 1. The smallest absolute Gasteiger partial charge is 0.262 e. The Hall–Kier alpha value is -3.65. The van der Waals surface area contributed by atoms with E-state index in [1.807, 2.05) is 43.3 Å². The van der Waals surface area contributed by atoms with Gasteiger partial charge in [0.05, 0.1) is 16.9 Å². The highest BCUT2D eigenvalue weighted by atomic mass is 16.5. The summed E-state index contributed by atoms with van der Waals surface area (Å²) in [6.45, 7) is 2.37. The monoisotopic (exact) mass is 401 g/mol. The molecule has 0 unspecified atom stereocenters. The summed E-state index contributed by atoms with van der Waals surface area (Å²) in [4.78, 5) is 27.0. The number of hydrogen-bond acceptors (Lipinski definition) is 7. The zero-order valence-corrected chi connectivity index (χ0v) is 16.5. The van der Waals surface area contributed by atoms with Gasteiger partial charge in [-0.2, -0.15) is 0 Å². The lowest BCUT2D eigenvalue weighted by atomic mass is 9.97. The van der Waals surface area contributed by atoms with Gasteiger partial charge in [0.25, 0.3) is 5.91 Å². The van der Waals surface area contributed by atoms with Crippen molar-refractivity contribution < 1.29 is 14.4 Å². The number of aryl methyl sites for hydroxylation is 1. The topological polar surface area (TPSA) is 105 Å². The molecule has 1 fully saturated rings. The van der Waals surface area contributed by atoms with Crippen LogP contribution in [0.2, 0.25) is 0 Å². The second-order valence-corrected chi connectivity index (χ2v) is 7.52. The van der Waals surface area contributed by atoms with Gasteiger partial charge in [0, 0.05) is 37.2 Å². The van der Waals surface area contributed by atoms with E-state index in [4.69, 9.17) is 9.51 Å². The van der Waals surface area contributed by atoms with E-state index in [-0.39, 0.29) is 18.1 Å². The quantitative estimate of drug-likeness (QED) is 0.563. The molecule has 1 N–H and O–H groups in total. The largest absolute Gasteiger partial charge is 0.373 e. The van der Waals surface area contributed by atoms with Gasteiger partial charge in [0.15, 0.2) is 5.76 Å². The summed E-state index contributed by atoms with van der Waals surface area (Å²) in [6.07, 6.45) is 1.81. The van der Waals surface area contributed by atoms with Gasteiger partial charge in [-0.05, 0) is 25.1 Å². The average molecular weight is 401 g/mol. The van der Waals surface area contributed by atoms with Crippen LogP contribution in [0, 0.1) is 6.92 Å². The van der Waals surface area contributed by atoms with Crippen molar-refractivity contribution in [2.75, 3.05) is 13.6 Å². The molecule has 1 atom stereocenters. The van der Waals surface area contributed by atoms with Crippen LogP contribution in [0.1, 0.15) is 17.9 Å². The van der Waals surface area contributed by atoms with Crippen molar-refractivity contribution >= 4 is 16.9 Å². The number of carbonyl (C=O) groups excluding carboxylic acids is 1. The molecule has 30 heavy (non-hydrogen) atoms. The number of rotatable bonds is 3. The Bertz CT molecular complexity index is 1280. The average Bonchev–Trinajstić information content (AvgIpc) is 3.37. The third-order valence-electron chi connectivity index (χ3n) is 5.55. The Morgan fingerprint density at radius 3 is 2.67 bits per heavy atom. The number of pyridine rings is 1. The summed E-state index contributed by atoms with van der Waals surface area (Å²) in [7, 11) is 1.66. The van der Waals surface area contributed by atoms with Crippen molar-refractivity contribution in [3.63, 3.8) is 0 Å². The summed E-state index contributed by atoms with van der Waals surface area (Å²) in [6, 6.07) is 13.2. The number of hydrogen-bond donors (Lipinski definition) is 1. The molecule has 1 aliphatic rings. The molecule has 8 nitrogen and oxygen atoms in total. The third kappa shape index (κ3) is 2.84. The van der Waals surface area contributed by atoms with Crippen LogP contribution in [-0.2, 0) is 10.4 Å².